The number of pyridine rings is 1. The lowest BCUT2D eigenvalue weighted by Gasteiger charge is -2.36. The van der Waals surface area contributed by atoms with Gasteiger partial charge in [-0.25, -0.2) is 19.2 Å². The number of aromatic carboxylic acids is 1. The summed E-state index contributed by atoms with van der Waals surface area (Å²) in [5.41, 5.74) is 1.35. The molecular formula is C21H21F2N5O3. The normalized spacial score (nSPS) is 14.9. The maximum Gasteiger partial charge on any atom is 0.354 e. The van der Waals surface area contributed by atoms with Crippen molar-refractivity contribution in [1.82, 2.24) is 19.9 Å². The van der Waals surface area contributed by atoms with E-state index in [0.29, 0.717) is 61.4 Å². The van der Waals surface area contributed by atoms with Gasteiger partial charge in [0.25, 0.3) is 5.56 Å². The third-order valence-electron chi connectivity index (χ3n) is 5.42. The number of aromatic nitrogens is 3. The number of benzene rings is 1. The smallest absolute Gasteiger partial charge is 0.354 e. The van der Waals surface area contributed by atoms with Gasteiger partial charge in [-0.3, -0.25) is 9.69 Å². The number of carboxylic acids is 1. The van der Waals surface area contributed by atoms with Gasteiger partial charge in [-0.05, 0) is 24.6 Å². The standard InChI is InChI=1S/C21H21F2N5O3/c1-2-14-20(29)26-16-9-12(13(22)10-17(16)24-14)11-27-5-7-28(8-6-27)18-4-3-15(21(30)31)25-19(18)23/h3-4,9-10H,2,5-8,11H2,1H3,(H,26,29)(H,30,31). The highest BCUT2D eigenvalue weighted by Gasteiger charge is 2.22. The van der Waals surface area contributed by atoms with Crippen molar-refractivity contribution in [3.63, 3.8) is 0 Å². The number of aryl methyl sites for hydroxylation is 1. The average molecular weight is 429 g/mol. The molecule has 0 spiro atoms. The second-order valence-corrected chi connectivity index (χ2v) is 7.40. The molecule has 0 amide bonds. The van der Waals surface area contributed by atoms with Crippen molar-refractivity contribution in [2.24, 2.45) is 0 Å². The first-order valence-corrected chi connectivity index (χ1v) is 9.94. The van der Waals surface area contributed by atoms with Crippen molar-refractivity contribution in [3.8, 4) is 0 Å². The van der Waals surface area contributed by atoms with Crippen LogP contribution in [0.1, 0.15) is 28.7 Å². The number of rotatable bonds is 5. The molecule has 3 aromatic rings. The van der Waals surface area contributed by atoms with E-state index < -0.39 is 17.7 Å². The molecule has 1 aromatic carbocycles. The zero-order valence-electron chi connectivity index (χ0n) is 16.9. The van der Waals surface area contributed by atoms with Gasteiger partial charge in [0, 0.05) is 44.4 Å². The Morgan fingerprint density at radius 1 is 1.16 bits per heavy atom. The SMILES string of the molecule is CCc1nc2cc(F)c(CN3CCN(c4ccc(C(=O)O)nc4F)CC3)cc2[nH]c1=O. The van der Waals surface area contributed by atoms with Gasteiger partial charge in [0.2, 0.25) is 5.95 Å². The first-order chi connectivity index (χ1) is 14.9. The second-order valence-electron chi connectivity index (χ2n) is 7.40. The number of nitrogens with zero attached hydrogens (tertiary/aromatic N) is 4. The Morgan fingerprint density at radius 2 is 1.90 bits per heavy atom. The lowest BCUT2D eigenvalue weighted by atomic mass is 10.1. The van der Waals surface area contributed by atoms with Gasteiger partial charge >= 0.3 is 5.97 Å². The highest BCUT2D eigenvalue weighted by Crippen LogP contribution is 2.22. The van der Waals surface area contributed by atoms with Gasteiger partial charge < -0.3 is 15.0 Å². The summed E-state index contributed by atoms with van der Waals surface area (Å²) in [6.07, 6.45) is 0.466. The molecule has 31 heavy (non-hydrogen) atoms. The Balaban J connectivity index is 1.46. The molecule has 0 saturated carbocycles. The van der Waals surface area contributed by atoms with Gasteiger partial charge in [-0.1, -0.05) is 6.92 Å². The fourth-order valence-corrected chi connectivity index (χ4v) is 3.72. The van der Waals surface area contributed by atoms with Crippen LogP contribution in [0.15, 0.2) is 29.1 Å². The largest absolute Gasteiger partial charge is 0.477 e. The van der Waals surface area contributed by atoms with Crippen LogP contribution in [-0.2, 0) is 13.0 Å². The lowest BCUT2D eigenvalue weighted by Crippen LogP contribution is -2.46. The maximum atomic E-state index is 14.6. The number of piperazine rings is 1. The molecule has 1 aliphatic heterocycles. The number of fused-ring (bicyclic) bond motifs is 1. The van der Waals surface area contributed by atoms with Gasteiger partial charge in [0.15, 0.2) is 5.69 Å². The lowest BCUT2D eigenvalue weighted by molar-refractivity contribution is 0.0689. The fourth-order valence-electron chi connectivity index (χ4n) is 3.72. The number of hydrogen-bond donors (Lipinski definition) is 2. The van der Waals surface area contributed by atoms with Crippen LogP contribution in [-0.4, -0.2) is 57.1 Å². The van der Waals surface area contributed by atoms with Crippen molar-refractivity contribution in [2.45, 2.75) is 19.9 Å². The molecule has 1 fully saturated rings. The van der Waals surface area contributed by atoms with Crippen LogP contribution in [0.2, 0.25) is 0 Å². The quantitative estimate of drug-likeness (QED) is 0.600. The molecule has 1 saturated heterocycles. The Bertz CT molecular complexity index is 1210. The van der Waals surface area contributed by atoms with E-state index in [4.69, 9.17) is 5.11 Å². The number of halogens is 2. The summed E-state index contributed by atoms with van der Waals surface area (Å²) in [7, 11) is 0. The van der Waals surface area contributed by atoms with Crippen LogP contribution in [0.5, 0.6) is 0 Å². The average Bonchev–Trinajstić information content (AvgIpc) is 2.75. The van der Waals surface area contributed by atoms with Crippen molar-refractivity contribution in [3.05, 3.63) is 63.3 Å². The van der Waals surface area contributed by atoms with Crippen LogP contribution in [0.25, 0.3) is 11.0 Å². The zero-order valence-corrected chi connectivity index (χ0v) is 16.9. The summed E-state index contributed by atoms with van der Waals surface area (Å²) in [6, 6.07) is 5.63. The number of H-pyrrole nitrogens is 1. The van der Waals surface area contributed by atoms with Crippen molar-refractivity contribution in [2.75, 3.05) is 31.1 Å². The van der Waals surface area contributed by atoms with E-state index >= 15 is 0 Å². The van der Waals surface area contributed by atoms with Crippen LogP contribution in [0.4, 0.5) is 14.5 Å². The number of carbonyl (C=O) groups is 1. The van der Waals surface area contributed by atoms with E-state index in [2.05, 4.69) is 15.0 Å². The second kappa shape index (κ2) is 8.38. The molecule has 8 nitrogen and oxygen atoms in total. The van der Waals surface area contributed by atoms with E-state index in [1.54, 1.807) is 11.0 Å². The minimum absolute atomic E-state index is 0.247. The topological polar surface area (TPSA) is 102 Å². The predicted molar refractivity (Wildman–Crippen MR) is 110 cm³/mol. The van der Waals surface area contributed by atoms with E-state index in [0.717, 1.165) is 0 Å². The number of anilines is 1. The predicted octanol–water partition coefficient (Wildman–Crippen LogP) is 2.18. The van der Waals surface area contributed by atoms with Crippen molar-refractivity contribution >= 4 is 22.7 Å². The molecule has 3 heterocycles. The maximum absolute atomic E-state index is 14.6. The zero-order chi connectivity index (χ0) is 22.1. The Hall–Kier alpha value is -3.40. The summed E-state index contributed by atoms with van der Waals surface area (Å²) in [5.74, 6) is -2.50. The molecule has 0 aliphatic carbocycles. The minimum Gasteiger partial charge on any atom is -0.477 e. The van der Waals surface area contributed by atoms with Crippen LogP contribution >= 0.6 is 0 Å². The Morgan fingerprint density at radius 3 is 2.55 bits per heavy atom. The molecule has 2 N–H and O–H groups in total. The van der Waals surface area contributed by atoms with Gasteiger partial charge in [-0.15, -0.1) is 0 Å². The van der Waals surface area contributed by atoms with E-state index in [-0.39, 0.29) is 16.9 Å². The monoisotopic (exact) mass is 429 g/mol. The highest BCUT2D eigenvalue weighted by atomic mass is 19.1. The number of aromatic amines is 1. The van der Waals surface area contributed by atoms with Gasteiger partial charge in [0.1, 0.15) is 11.5 Å². The van der Waals surface area contributed by atoms with Gasteiger partial charge in [0.05, 0.1) is 16.7 Å². The minimum atomic E-state index is -1.28. The number of nitrogens with one attached hydrogen (secondary N) is 1. The summed E-state index contributed by atoms with van der Waals surface area (Å²) in [4.78, 5) is 37.2. The molecule has 0 unspecified atom stereocenters. The molecule has 2 aromatic heterocycles. The molecule has 0 atom stereocenters. The molecular weight excluding hydrogens is 408 g/mol. The first-order valence-electron chi connectivity index (χ1n) is 9.94. The van der Waals surface area contributed by atoms with Crippen molar-refractivity contribution < 1.29 is 18.7 Å². The van der Waals surface area contributed by atoms with E-state index in [1.165, 1.54) is 18.2 Å². The molecule has 0 radical (unpaired) electrons. The molecule has 4 rings (SSSR count). The summed E-state index contributed by atoms with van der Waals surface area (Å²) in [6.45, 7) is 4.24. The van der Waals surface area contributed by atoms with Gasteiger partial charge in [-0.2, -0.15) is 4.39 Å². The summed E-state index contributed by atoms with van der Waals surface area (Å²) in [5, 5.41) is 8.91. The third kappa shape index (κ3) is 4.24. The van der Waals surface area contributed by atoms with Crippen molar-refractivity contribution in [1.29, 1.82) is 0 Å². The Kier molecular flexibility index (Phi) is 5.64. The highest BCUT2D eigenvalue weighted by molar-refractivity contribution is 5.85. The third-order valence-corrected chi connectivity index (χ3v) is 5.42. The molecule has 162 valence electrons. The number of carboxylic acid groups (broad SMARTS) is 1. The van der Waals surface area contributed by atoms with Crippen LogP contribution < -0.4 is 10.5 Å². The van der Waals surface area contributed by atoms with Crippen LogP contribution in [0.3, 0.4) is 0 Å². The summed E-state index contributed by atoms with van der Waals surface area (Å²) >= 11 is 0. The number of hydrogen-bond acceptors (Lipinski definition) is 6. The first kappa shape index (κ1) is 20.9. The van der Waals surface area contributed by atoms with Crippen LogP contribution in [0, 0.1) is 11.8 Å². The summed E-state index contributed by atoms with van der Waals surface area (Å²) < 4.78 is 28.8. The van der Waals surface area contributed by atoms with E-state index in [1.807, 2.05) is 11.8 Å². The Labute approximate surface area is 176 Å². The van der Waals surface area contributed by atoms with E-state index in [9.17, 15) is 18.4 Å². The molecule has 10 heteroatoms. The fraction of sp³-hybridized carbons (Fsp3) is 0.333. The molecule has 0 bridgehead atoms. The molecule has 1 aliphatic rings.